The van der Waals surface area contributed by atoms with Crippen LogP contribution in [0.15, 0.2) is 0 Å². The maximum Gasteiger partial charge on any atom is 0.0731 e. The molecule has 1 heterocycles. The van der Waals surface area contributed by atoms with E-state index in [1.54, 1.807) is 0 Å². The molecule has 2 aliphatic rings. The molecule has 3 heteroatoms. The Kier molecular flexibility index (Phi) is 4.11. The molecule has 0 aromatic heterocycles. The van der Waals surface area contributed by atoms with Gasteiger partial charge in [-0.1, -0.05) is 33.6 Å². The molecule has 1 saturated carbocycles. The van der Waals surface area contributed by atoms with Gasteiger partial charge in [-0.05, 0) is 18.3 Å². The van der Waals surface area contributed by atoms with E-state index in [4.69, 9.17) is 10.5 Å². The first-order valence-electron chi connectivity index (χ1n) is 7.11. The van der Waals surface area contributed by atoms with E-state index >= 15 is 0 Å². The average Bonchev–Trinajstić information content (AvgIpc) is 2.28. The molecular weight excluding hydrogens is 212 g/mol. The first-order chi connectivity index (χ1) is 8.04. The van der Waals surface area contributed by atoms with Gasteiger partial charge >= 0.3 is 0 Å². The standard InChI is InChI=1S/C14H28N2O/c1-14(2,3)13(10-15)16-8-9-17-12-7-5-4-6-11(12)16/h11-13H,4-10,15H2,1-3H3. The van der Waals surface area contributed by atoms with E-state index in [1.807, 2.05) is 0 Å². The summed E-state index contributed by atoms with van der Waals surface area (Å²) in [6.45, 7) is 9.61. The largest absolute Gasteiger partial charge is 0.375 e. The summed E-state index contributed by atoms with van der Waals surface area (Å²) in [5, 5.41) is 0. The average molecular weight is 240 g/mol. The monoisotopic (exact) mass is 240 g/mol. The van der Waals surface area contributed by atoms with E-state index in [9.17, 15) is 0 Å². The number of rotatable bonds is 2. The minimum atomic E-state index is 0.258. The van der Waals surface area contributed by atoms with Crippen molar-refractivity contribution in [2.75, 3.05) is 19.7 Å². The third-order valence-electron chi connectivity index (χ3n) is 4.40. The Morgan fingerprint density at radius 3 is 2.65 bits per heavy atom. The summed E-state index contributed by atoms with van der Waals surface area (Å²) >= 11 is 0. The quantitative estimate of drug-likeness (QED) is 0.802. The van der Waals surface area contributed by atoms with E-state index in [0.717, 1.165) is 19.7 Å². The van der Waals surface area contributed by atoms with Gasteiger partial charge in [-0.25, -0.2) is 0 Å². The van der Waals surface area contributed by atoms with Gasteiger partial charge in [0, 0.05) is 25.2 Å². The van der Waals surface area contributed by atoms with Gasteiger partial charge in [0.15, 0.2) is 0 Å². The summed E-state index contributed by atoms with van der Waals surface area (Å²) in [4.78, 5) is 2.65. The molecule has 0 aromatic carbocycles. The Morgan fingerprint density at radius 1 is 1.29 bits per heavy atom. The number of nitrogens with two attached hydrogens (primary N) is 1. The van der Waals surface area contributed by atoms with E-state index in [1.165, 1.54) is 25.7 Å². The summed E-state index contributed by atoms with van der Waals surface area (Å²) in [5.41, 5.74) is 6.29. The molecular formula is C14H28N2O. The number of ether oxygens (including phenoxy) is 1. The fourth-order valence-corrected chi connectivity index (χ4v) is 3.50. The van der Waals surface area contributed by atoms with Gasteiger partial charge in [-0.3, -0.25) is 4.90 Å². The molecule has 0 aromatic rings. The van der Waals surface area contributed by atoms with Crippen molar-refractivity contribution in [3.63, 3.8) is 0 Å². The molecule has 1 saturated heterocycles. The molecule has 0 spiro atoms. The molecule has 0 amide bonds. The van der Waals surface area contributed by atoms with Crippen molar-refractivity contribution in [1.82, 2.24) is 4.90 Å². The number of morpholine rings is 1. The highest BCUT2D eigenvalue weighted by molar-refractivity contribution is 4.94. The normalized spacial score (nSPS) is 33.2. The first-order valence-corrected chi connectivity index (χ1v) is 7.11. The molecule has 100 valence electrons. The summed E-state index contributed by atoms with van der Waals surface area (Å²) < 4.78 is 5.94. The maximum absolute atomic E-state index is 6.03. The second-order valence-electron chi connectivity index (χ2n) is 6.62. The third-order valence-corrected chi connectivity index (χ3v) is 4.40. The Bertz CT molecular complexity index is 247. The minimum Gasteiger partial charge on any atom is -0.375 e. The van der Waals surface area contributed by atoms with E-state index in [2.05, 4.69) is 25.7 Å². The van der Waals surface area contributed by atoms with Crippen LogP contribution < -0.4 is 5.73 Å². The van der Waals surface area contributed by atoms with Gasteiger partial charge in [0.2, 0.25) is 0 Å². The second kappa shape index (κ2) is 5.25. The van der Waals surface area contributed by atoms with Crippen molar-refractivity contribution < 1.29 is 4.74 Å². The Labute approximate surface area is 106 Å². The maximum atomic E-state index is 6.03. The van der Waals surface area contributed by atoms with Crippen LogP contribution in [-0.4, -0.2) is 42.8 Å². The van der Waals surface area contributed by atoms with Crippen molar-refractivity contribution in [3.05, 3.63) is 0 Å². The molecule has 17 heavy (non-hydrogen) atoms. The van der Waals surface area contributed by atoms with Gasteiger partial charge in [0.05, 0.1) is 12.7 Å². The van der Waals surface area contributed by atoms with Crippen molar-refractivity contribution in [3.8, 4) is 0 Å². The SMILES string of the molecule is CC(C)(C)C(CN)N1CCOC2CCCCC21. The van der Waals surface area contributed by atoms with Gasteiger partial charge in [0.25, 0.3) is 0 Å². The first kappa shape index (κ1) is 13.3. The lowest BCUT2D eigenvalue weighted by Gasteiger charge is -2.50. The van der Waals surface area contributed by atoms with Crippen LogP contribution in [-0.2, 0) is 4.74 Å². The summed E-state index contributed by atoms with van der Waals surface area (Å²) in [5.74, 6) is 0. The minimum absolute atomic E-state index is 0.258. The highest BCUT2D eigenvalue weighted by Gasteiger charge is 2.40. The van der Waals surface area contributed by atoms with Crippen LogP contribution >= 0.6 is 0 Å². The van der Waals surface area contributed by atoms with Crippen LogP contribution in [0.3, 0.4) is 0 Å². The van der Waals surface area contributed by atoms with Crippen LogP contribution in [0.4, 0.5) is 0 Å². The molecule has 0 radical (unpaired) electrons. The van der Waals surface area contributed by atoms with Crippen molar-refractivity contribution in [2.45, 2.75) is 64.6 Å². The Balaban J connectivity index is 2.12. The molecule has 2 rings (SSSR count). The summed E-state index contributed by atoms with van der Waals surface area (Å²) in [7, 11) is 0. The van der Waals surface area contributed by atoms with Crippen LogP contribution in [0.25, 0.3) is 0 Å². The molecule has 3 unspecified atom stereocenters. The highest BCUT2D eigenvalue weighted by atomic mass is 16.5. The topological polar surface area (TPSA) is 38.5 Å². The van der Waals surface area contributed by atoms with Gasteiger partial charge in [0.1, 0.15) is 0 Å². The smallest absolute Gasteiger partial charge is 0.0731 e. The molecule has 3 atom stereocenters. The molecule has 1 aliphatic carbocycles. The predicted octanol–water partition coefficient (Wildman–Crippen LogP) is 2.00. The molecule has 0 bridgehead atoms. The number of hydrogen-bond acceptors (Lipinski definition) is 3. The Hall–Kier alpha value is -0.120. The van der Waals surface area contributed by atoms with Gasteiger partial charge in [-0.15, -0.1) is 0 Å². The highest BCUT2D eigenvalue weighted by Crippen LogP contribution is 2.34. The van der Waals surface area contributed by atoms with Crippen LogP contribution in [0.5, 0.6) is 0 Å². The number of fused-ring (bicyclic) bond motifs is 1. The lowest BCUT2D eigenvalue weighted by molar-refractivity contribution is -0.114. The lowest BCUT2D eigenvalue weighted by Crippen LogP contribution is -2.61. The number of hydrogen-bond donors (Lipinski definition) is 1. The lowest BCUT2D eigenvalue weighted by atomic mass is 9.81. The van der Waals surface area contributed by atoms with Crippen molar-refractivity contribution >= 4 is 0 Å². The van der Waals surface area contributed by atoms with Crippen LogP contribution in [0, 0.1) is 5.41 Å². The predicted molar refractivity (Wildman–Crippen MR) is 71.0 cm³/mol. The fourth-order valence-electron chi connectivity index (χ4n) is 3.50. The number of nitrogens with zero attached hydrogens (tertiary/aromatic N) is 1. The van der Waals surface area contributed by atoms with E-state index in [-0.39, 0.29) is 5.41 Å². The molecule has 2 N–H and O–H groups in total. The zero-order valence-corrected chi connectivity index (χ0v) is 11.6. The Morgan fingerprint density at radius 2 is 2.00 bits per heavy atom. The van der Waals surface area contributed by atoms with E-state index in [0.29, 0.717) is 18.2 Å². The molecule has 3 nitrogen and oxygen atoms in total. The zero-order chi connectivity index (χ0) is 12.5. The van der Waals surface area contributed by atoms with Gasteiger partial charge < -0.3 is 10.5 Å². The third kappa shape index (κ3) is 2.83. The van der Waals surface area contributed by atoms with Crippen LogP contribution in [0.2, 0.25) is 0 Å². The summed E-state index contributed by atoms with van der Waals surface area (Å²) in [6, 6.07) is 1.10. The van der Waals surface area contributed by atoms with Gasteiger partial charge in [-0.2, -0.15) is 0 Å². The van der Waals surface area contributed by atoms with Crippen molar-refractivity contribution in [1.29, 1.82) is 0 Å². The second-order valence-corrected chi connectivity index (χ2v) is 6.62. The molecule has 2 fully saturated rings. The van der Waals surface area contributed by atoms with E-state index < -0.39 is 0 Å². The summed E-state index contributed by atoms with van der Waals surface area (Å²) in [6.07, 6.45) is 5.68. The zero-order valence-electron chi connectivity index (χ0n) is 11.6. The fraction of sp³-hybridized carbons (Fsp3) is 1.00. The van der Waals surface area contributed by atoms with Crippen LogP contribution in [0.1, 0.15) is 46.5 Å². The molecule has 1 aliphatic heterocycles. The van der Waals surface area contributed by atoms with Crippen molar-refractivity contribution in [2.24, 2.45) is 11.1 Å².